The maximum atomic E-state index is 13.4. The second-order valence-corrected chi connectivity index (χ2v) is 7.07. The lowest BCUT2D eigenvalue weighted by atomic mass is 10.1. The Morgan fingerprint density at radius 2 is 1.92 bits per heavy atom. The fourth-order valence-electron chi connectivity index (χ4n) is 3.01. The van der Waals surface area contributed by atoms with Crippen molar-refractivity contribution in [1.29, 1.82) is 0 Å². The Bertz CT molecular complexity index is 709. The van der Waals surface area contributed by atoms with Crippen LogP contribution in [0.5, 0.6) is 0 Å². The van der Waals surface area contributed by atoms with E-state index in [1.165, 1.54) is 37.0 Å². The van der Waals surface area contributed by atoms with Gasteiger partial charge in [-0.05, 0) is 61.8 Å². The number of nitrogens with one attached hydrogen (secondary N) is 1. The first kappa shape index (κ1) is 17.1. The quantitative estimate of drug-likeness (QED) is 0.810. The Labute approximate surface area is 150 Å². The van der Waals surface area contributed by atoms with Gasteiger partial charge in [-0.15, -0.1) is 0 Å². The minimum Gasteiger partial charge on any atom is -0.322 e. The number of amides is 1. The van der Waals surface area contributed by atoms with Gasteiger partial charge in [0, 0.05) is 22.3 Å². The first-order valence-electron chi connectivity index (χ1n) is 8.19. The van der Waals surface area contributed by atoms with Crippen molar-refractivity contribution >= 4 is 27.5 Å². The molecule has 1 amide bonds. The van der Waals surface area contributed by atoms with Gasteiger partial charge in [-0.3, -0.25) is 9.69 Å². The van der Waals surface area contributed by atoms with Crippen LogP contribution < -0.4 is 5.32 Å². The summed E-state index contributed by atoms with van der Waals surface area (Å²) in [6, 6.07) is 12.0. The summed E-state index contributed by atoms with van der Waals surface area (Å²) in [4.78, 5) is 14.7. The lowest BCUT2D eigenvalue weighted by molar-refractivity contribution is 0.102. The highest BCUT2D eigenvalue weighted by Gasteiger charge is 2.12. The predicted molar refractivity (Wildman–Crippen MR) is 97.6 cm³/mol. The molecule has 0 radical (unpaired) electrons. The minimum atomic E-state index is -0.437. The molecule has 1 heterocycles. The van der Waals surface area contributed by atoms with E-state index in [1.54, 1.807) is 6.07 Å². The molecule has 1 fully saturated rings. The molecule has 1 saturated heterocycles. The molecule has 2 aromatic carbocycles. The molecule has 1 aliphatic rings. The molecule has 0 aromatic heterocycles. The van der Waals surface area contributed by atoms with Gasteiger partial charge in [0.1, 0.15) is 5.82 Å². The molecule has 1 N–H and O–H groups in total. The molecular weight excluding hydrogens is 371 g/mol. The zero-order chi connectivity index (χ0) is 16.9. The monoisotopic (exact) mass is 390 g/mol. The Morgan fingerprint density at radius 3 is 2.67 bits per heavy atom. The third-order valence-corrected chi connectivity index (χ3v) is 4.62. The van der Waals surface area contributed by atoms with Crippen LogP contribution in [0.2, 0.25) is 0 Å². The van der Waals surface area contributed by atoms with E-state index in [9.17, 15) is 9.18 Å². The van der Waals surface area contributed by atoms with Crippen molar-refractivity contribution in [2.75, 3.05) is 18.4 Å². The third kappa shape index (κ3) is 4.65. The number of anilines is 1. The average molecular weight is 391 g/mol. The lowest BCUT2D eigenvalue weighted by Gasteiger charge is -2.26. The second kappa shape index (κ2) is 7.90. The lowest BCUT2D eigenvalue weighted by Crippen LogP contribution is -2.29. The fraction of sp³-hybridized carbons (Fsp3) is 0.316. The van der Waals surface area contributed by atoms with E-state index in [4.69, 9.17) is 0 Å². The summed E-state index contributed by atoms with van der Waals surface area (Å²) in [5.74, 6) is -0.751. The third-order valence-electron chi connectivity index (χ3n) is 4.16. The number of hydrogen-bond donors (Lipinski definition) is 1. The fourth-order valence-corrected chi connectivity index (χ4v) is 3.48. The summed E-state index contributed by atoms with van der Waals surface area (Å²) in [5.41, 5.74) is 2.20. The Kier molecular flexibility index (Phi) is 5.63. The first-order valence-corrected chi connectivity index (χ1v) is 8.98. The van der Waals surface area contributed by atoms with Crippen molar-refractivity contribution in [3.8, 4) is 0 Å². The maximum Gasteiger partial charge on any atom is 0.255 e. The van der Waals surface area contributed by atoms with Gasteiger partial charge < -0.3 is 5.32 Å². The number of hydrogen-bond acceptors (Lipinski definition) is 2. The van der Waals surface area contributed by atoms with E-state index in [0.717, 1.165) is 25.3 Å². The highest BCUT2D eigenvalue weighted by molar-refractivity contribution is 9.10. The summed E-state index contributed by atoms with van der Waals surface area (Å²) >= 11 is 3.21. The maximum absolute atomic E-state index is 13.4. The van der Waals surface area contributed by atoms with Crippen molar-refractivity contribution in [2.24, 2.45) is 0 Å². The number of carbonyl (C=O) groups excluding carboxylic acids is 1. The SMILES string of the molecule is O=C(Nc1cccc(CN2CCCCC2)c1)c1cc(F)cc(Br)c1. The zero-order valence-corrected chi connectivity index (χ0v) is 15.0. The summed E-state index contributed by atoms with van der Waals surface area (Å²) in [6.45, 7) is 3.16. The van der Waals surface area contributed by atoms with Gasteiger partial charge in [0.15, 0.2) is 0 Å². The summed E-state index contributed by atoms with van der Waals surface area (Å²) in [7, 11) is 0. The molecule has 3 rings (SSSR count). The highest BCUT2D eigenvalue weighted by atomic mass is 79.9. The molecular formula is C19H20BrFN2O. The molecule has 2 aromatic rings. The molecule has 3 nitrogen and oxygen atoms in total. The van der Waals surface area contributed by atoms with E-state index < -0.39 is 5.82 Å². The van der Waals surface area contributed by atoms with Gasteiger partial charge in [0.2, 0.25) is 0 Å². The van der Waals surface area contributed by atoms with Crippen LogP contribution in [0.25, 0.3) is 0 Å². The van der Waals surface area contributed by atoms with Crippen LogP contribution in [0, 0.1) is 5.82 Å². The van der Waals surface area contributed by atoms with Crippen LogP contribution in [-0.4, -0.2) is 23.9 Å². The standard InChI is InChI=1S/C19H20BrFN2O/c20-16-10-15(11-17(21)12-16)19(24)22-18-6-4-5-14(9-18)13-23-7-2-1-3-8-23/h4-6,9-12H,1-3,7-8,13H2,(H,22,24). The molecule has 126 valence electrons. The number of benzene rings is 2. The van der Waals surface area contributed by atoms with E-state index in [-0.39, 0.29) is 5.91 Å². The van der Waals surface area contributed by atoms with Crippen molar-refractivity contribution in [3.05, 3.63) is 63.9 Å². The van der Waals surface area contributed by atoms with Crippen molar-refractivity contribution in [1.82, 2.24) is 4.90 Å². The first-order chi connectivity index (χ1) is 11.6. The zero-order valence-electron chi connectivity index (χ0n) is 13.4. The molecule has 24 heavy (non-hydrogen) atoms. The number of halogens is 2. The topological polar surface area (TPSA) is 32.3 Å². The average Bonchev–Trinajstić information content (AvgIpc) is 2.55. The van der Waals surface area contributed by atoms with Gasteiger partial charge in [-0.1, -0.05) is 34.5 Å². The van der Waals surface area contributed by atoms with Gasteiger partial charge in [0.05, 0.1) is 0 Å². The number of likely N-dealkylation sites (tertiary alicyclic amines) is 1. The van der Waals surface area contributed by atoms with Crippen LogP contribution in [0.1, 0.15) is 35.2 Å². The van der Waals surface area contributed by atoms with E-state index >= 15 is 0 Å². The second-order valence-electron chi connectivity index (χ2n) is 6.15. The molecule has 0 aliphatic carbocycles. The molecule has 0 unspecified atom stereocenters. The molecule has 1 aliphatic heterocycles. The summed E-state index contributed by atoms with van der Waals surface area (Å²) < 4.78 is 14.0. The predicted octanol–water partition coefficient (Wildman–Crippen LogP) is 4.83. The van der Waals surface area contributed by atoms with Crippen molar-refractivity contribution in [2.45, 2.75) is 25.8 Å². The number of rotatable bonds is 4. The van der Waals surface area contributed by atoms with Gasteiger partial charge in [-0.2, -0.15) is 0 Å². The molecule has 0 bridgehead atoms. The van der Waals surface area contributed by atoms with Crippen molar-refractivity contribution < 1.29 is 9.18 Å². The van der Waals surface area contributed by atoms with Gasteiger partial charge >= 0.3 is 0 Å². The molecule has 0 saturated carbocycles. The van der Waals surface area contributed by atoms with Gasteiger partial charge in [0.25, 0.3) is 5.91 Å². The number of nitrogens with zero attached hydrogens (tertiary/aromatic N) is 1. The number of carbonyl (C=O) groups is 1. The highest BCUT2D eigenvalue weighted by Crippen LogP contribution is 2.19. The number of piperidine rings is 1. The van der Waals surface area contributed by atoms with Gasteiger partial charge in [-0.25, -0.2) is 4.39 Å². The summed E-state index contributed by atoms with van der Waals surface area (Å²) in [5, 5.41) is 2.85. The van der Waals surface area contributed by atoms with Crippen LogP contribution in [0.15, 0.2) is 46.9 Å². The summed E-state index contributed by atoms with van der Waals surface area (Å²) in [6.07, 6.45) is 3.82. The molecule has 0 spiro atoms. The Hall–Kier alpha value is -1.72. The molecule has 5 heteroatoms. The van der Waals surface area contributed by atoms with Crippen LogP contribution in [0.4, 0.5) is 10.1 Å². The van der Waals surface area contributed by atoms with E-state index in [0.29, 0.717) is 10.0 Å². The largest absolute Gasteiger partial charge is 0.322 e. The van der Waals surface area contributed by atoms with E-state index in [1.807, 2.05) is 18.2 Å². The Balaban J connectivity index is 1.68. The van der Waals surface area contributed by atoms with E-state index in [2.05, 4.69) is 32.2 Å². The van der Waals surface area contributed by atoms with Crippen molar-refractivity contribution in [3.63, 3.8) is 0 Å². The smallest absolute Gasteiger partial charge is 0.255 e. The minimum absolute atomic E-state index is 0.295. The molecule has 0 atom stereocenters. The van der Waals surface area contributed by atoms with Crippen LogP contribution >= 0.6 is 15.9 Å². The van der Waals surface area contributed by atoms with Crippen LogP contribution in [-0.2, 0) is 6.54 Å². The van der Waals surface area contributed by atoms with Crippen LogP contribution in [0.3, 0.4) is 0 Å². The normalized spacial score (nSPS) is 15.2. The Morgan fingerprint density at radius 1 is 1.12 bits per heavy atom.